The molecule has 0 bridgehead atoms. The molecule has 1 saturated heterocycles. The Balaban J connectivity index is 2.19. The van der Waals surface area contributed by atoms with Gasteiger partial charge in [0.1, 0.15) is 5.44 Å². The van der Waals surface area contributed by atoms with Gasteiger partial charge >= 0.3 is 0 Å². The minimum Gasteiger partial charge on any atom is -0.486 e. The van der Waals surface area contributed by atoms with Crippen molar-refractivity contribution in [3.8, 4) is 0 Å². The van der Waals surface area contributed by atoms with Gasteiger partial charge in [0.2, 0.25) is 0 Å². The van der Waals surface area contributed by atoms with Gasteiger partial charge in [-0.05, 0) is 12.2 Å². The normalized spacial score (nSPS) is 39.8. The third-order valence-electron chi connectivity index (χ3n) is 2.30. The number of fused-ring (bicyclic) bond motifs is 1. The number of hydrogen-bond acceptors (Lipinski definition) is 4. The molecule has 3 nitrogen and oxygen atoms in total. The van der Waals surface area contributed by atoms with E-state index in [0.717, 1.165) is 12.2 Å². The van der Waals surface area contributed by atoms with Gasteiger partial charge in [0.25, 0.3) is 0 Å². The van der Waals surface area contributed by atoms with Crippen LogP contribution in [0.3, 0.4) is 0 Å². The summed E-state index contributed by atoms with van der Waals surface area (Å²) in [6.45, 7) is 0. The molecule has 0 unspecified atom stereocenters. The van der Waals surface area contributed by atoms with E-state index in [4.69, 9.17) is 4.74 Å². The van der Waals surface area contributed by atoms with Gasteiger partial charge in [0, 0.05) is 5.92 Å². The number of carbonyl (C=O) groups is 1. The van der Waals surface area contributed by atoms with Crippen LogP contribution in [0.15, 0.2) is 11.8 Å². The molecule has 1 fully saturated rings. The van der Waals surface area contributed by atoms with E-state index in [1.165, 1.54) is 6.26 Å². The zero-order valence-corrected chi connectivity index (χ0v) is 7.29. The highest BCUT2D eigenvalue weighted by Crippen LogP contribution is 2.39. The minimum atomic E-state index is -0.615. The topological polar surface area (TPSA) is 46.5 Å². The molecule has 0 aromatic heterocycles. The molecule has 2 aliphatic heterocycles. The Labute approximate surface area is 74.8 Å². The van der Waals surface area contributed by atoms with Crippen LogP contribution in [0, 0.1) is 5.92 Å². The van der Waals surface area contributed by atoms with Crippen LogP contribution in [0.1, 0.15) is 6.42 Å². The van der Waals surface area contributed by atoms with Gasteiger partial charge in [-0.1, -0.05) is 0 Å². The van der Waals surface area contributed by atoms with E-state index >= 15 is 0 Å². The molecule has 4 heteroatoms. The quantitative estimate of drug-likeness (QED) is 0.607. The molecule has 12 heavy (non-hydrogen) atoms. The van der Waals surface area contributed by atoms with Crippen molar-refractivity contribution in [3.05, 3.63) is 11.8 Å². The summed E-state index contributed by atoms with van der Waals surface area (Å²) in [5.41, 5.74) is 0.433. The summed E-state index contributed by atoms with van der Waals surface area (Å²) in [5, 5.41) is 9.65. The van der Waals surface area contributed by atoms with Crippen molar-refractivity contribution in [2.75, 3.05) is 5.75 Å². The average Bonchev–Trinajstić information content (AvgIpc) is 2.53. The molecule has 0 aromatic carbocycles. The highest BCUT2D eigenvalue weighted by molar-refractivity contribution is 8.00. The van der Waals surface area contributed by atoms with Crippen molar-refractivity contribution in [1.82, 2.24) is 0 Å². The van der Waals surface area contributed by atoms with Crippen LogP contribution in [-0.4, -0.2) is 28.7 Å². The van der Waals surface area contributed by atoms with Crippen LogP contribution in [0.4, 0.5) is 0 Å². The second-order valence-electron chi connectivity index (χ2n) is 3.01. The zero-order chi connectivity index (χ0) is 8.55. The van der Waals surface area contributed by atoms with Crippen LogP contribution in [0.25, 0.3) is 0 Å². The maximum Gasteiger partial charge on any atom is 0.151 e. The van der Waals surface area contributed by atoms with Crippen molar-refractivity contribution >= 4 is 18.0 Å². The number of ether oxygens (including phenoxy) is 1. The monoisotopic (exact) mass is 186 g/mol. The van der Waals surface area contributed by atoms with E-state index in [9.17, 15) is 9.90 Å². The average molecular weight is 186 g/mol. The summed E-state index contributed by atoms with van der Waals surface area (Å²) in [7, 11) is 0. The third kappa shape index (κ3) is 1.15. The fraction of sp³-hybridized carbons (Fsp3) is 0.625. The first kappa shape index (κ1) is 8.13. The van der Waals surface area contributed by atoms with Gasteiger partial charge in [-0.3, -0.25) is 4.79 Å². The molecule has 0 radical (unpaired) electrons. The van der Waals surface area contributed by atoms with Crippen LogP contribution in [-0.2, 0) is 9.53 Å². The summed E-state index contributed by atoms with van der Waals surface area (Å²) in [6.07, 6.45) is 2.37. The summed E-state index contributed by atoms with van der Waals surface area (Å²) in [5.74, 6) is 1.12. The van der Waals surface area contributed by atoms with Crippen LogP contribution in [0.2, 0.25) is 0 Å². The first-order chi connectivity index (χ1) is 5.83. The number of carbonyl (C=O) groups excluding carboxylic acids is 1. The molecule has 0 aliphatic carbocycles. The smallest absolute Gasteiger partial charge is 0.151 e. The second-order valence-corrected chi connectivity index (χ2v) is 4.21. The predicted octanol–water partition coefficient (Wildman–Crippen LogP) is 0.539. The van der Waals surface area contributed by atoms with Crippen LogP contribution >= 0.6 is 11.8 Å². The molecule has 2 rings (SSSR count). The number of aldehydes is 1. The zero-order valence-electron chi connectivity index (χ0n) is 6.47. The summed E-state index contributed by atoms with van der Waals surface area (Å²) >= 11 is 1.70. The Bertz CT molecular complexity index is 226. The first-order valence-electron chi connectivity index (χ1n) is 3.93. The first-order valence-corrected chi connectivity index (χ1v) is 4.98. The molecule has 0 amide bonds. The lowest BCUT2D eigenvalue weighted by atomic mass is 9.94. The van der Waals surface area contributed by atoms with E-state index in [0.29, 0.717) is 11.9 Å². The van der Waals surface area contributed by atoms with Crippen molar-refractivity contribution < 1.29 is 14.6 Å². The van der Waals surface area contributed by atoms with Gasteiger partial charge in [-0.25, -0.2) is 0 Å². The molecule has 0 aromatic rings. The lowest BCUT2D eigenvalue weighted by Gasteiger charge is -2.28. The van der Waals surface area contributed by atoms with Crippen molar-refractivity contribution in [2.24, 2.45) is 5.92 Å². The van der Waals surface area contributed by atoms with E-state index in [2.05, 4.69) is 0 Å². The van der Waals surface area contributed by atoms with Gasteiger partial charge in [-0.2, -0.15) is 0 Å². The number of thioether (sulfide) groups is 1. The number of hydrogen-bond donors (Lipinski definition) is 1. The molecule has 66 valence electrons. The van der Waals surface area contributed by atoms with E-state index in [-0.39, 0.29) is 11.4 Å². The summed E-state index contributed by atoms with van der Waals surface area (Å²) in [4.78, 5) is 10.4. The van der Waals surface area contributed by atoms with Crippen molar-refractivity contribution in [1.29, 1.82) is 0 Å². The Kier molecular flexibility index (Phi) is 2.11. The molecule has 2 heterocycles. The Hall–Kier alpha value is -0.480. The summed E-state index contributed by atoms with van der Waals surface area (Å²) in [6, 6.07) is 0. The second kappa shape index (κ2) is 3.11. The Morgan fingerprint density at radius 1 is 1.75 bits per heavy atom. The highest BCUT2D eigenvalue weighted by Gasteiger charge is 2.39. The molecule has 3 atom stereocenters. The fourth-order valence-electron chi connectivity index (χ4n) is 1.59. The maximum absolute atomic E-state index is 10.4. The van der Waals surface area contributed by atoms with E-state index in [1.54, 1.807) is 11.8 Å². The SMILES string of the molecule is O=CC1=CO[C@@H]2SCC[C@@H]2[C@H]1O. The van der Waals surface area contributed by atoms with Gasteiger partial charge in [-0.15, -0.1) is 11.8 Å². The van der Waals surface area contributed by atoms with Gasteiger partial charge < -0.3 is 9.84 Å². The van der Waals surface area contributed by atoms with E-state index in [1.807, 2.05) is 0 Å². The standard InChI is InChI=1S/C8H10O3S/c9-3-5-4-11-8-6(7(5)10)1-2-12-8/h3-4,6-8,10H,1-2H2/t6-,7+,8-/m1/s1. The summed E-state index contributed by atoms with van der Waals surface area (Å²) < 4.78 is 5.29. The molecule has 0 spiro atoms. The van der Waals surface area contributed by atoms with Crippen LogP contribution in [0.5, 0.6) is 0 Å². The van der Waals surface area contributed by atoms with E-state index < -0.39 is 6.10 Å². The highest BCUT2D eigenvalue weighted by atomic mass is 32.2. The molecular formula is C8H10O3S. The fourth-order valence-corrected chi connectivity index (χ4v) is 2.89. The molecule has 0 saturated carbocycles. The number of rotatable bonds is 1. The molecule has 2 aliphatic rings. The molecule has 1 N–H and O–H groups in total. The van der Waals surface area contributed by atoms with Crippen molar-refractivity contribution in [3.63, 3.8) is 0 Å². The minimum absolute atomic E-state index is 0.0590. The largest absolute Gasteiger partial charge is 0.486 e. The lowest BCUT2D eigenvalue weighted by molar-refractivity contribution is -0.107. The van der Waals surface area contributed by atoms with Gasteiger partial charge in [0.15, 0.2) is 6.29 Å². The Morgan fingerprint density at radius 2 is 2.58 bits per heavy atom. The Morgan fingerprint density at radius 3 is 3.33 bits per heavy atom. The maximum atomic E-state index is 10.4. The van der Waals surface area contributed by atoms with Gasteiger partial charge in [0.05, 0.1) is 17.9 Å². The van der Waals surface area contributed by atoms with Crippen LogP contribution < -0.4 is 0 Å². The lowest BCUT2D eigenvalue weighted by Crippen LogP contribution is -2.33. The predicted molar refractivity (Wildman–Crippen MR) is 45.6 cm³/mol. The third-order valence-corrected chi connectivity index (χ3v) is 3.56. The van der Waals surface area contributed by atoms with Crippen molar-refractivity contribution in [2.45, 2.75) is 18.0 Å². The number of aliphatic hydroxyl groups excluding tert-OH is 1. The number of aliphatic hydroxyl groups is 1. The molecular weight excluding hydrogens is 176 g/mol.